The Bertz CT molecular complexity index is 549. The quantitative estimate of drug-likeness (QED) is 0.795. The number of nitrogens with zero attached hydrogens (tertiary/aromatic N) is 1. The van der Waals surface area contributed by atoms with Gasteiger partial charge in [-0.25, -0.2) is 0 Å². The van der Waals surface area contributed by atoms with Crippen molar-refractivity contribution in [1.82, 2.24) is 4.90 Å². The normalized spacial score (nSPS) is 10.3. The highest BCUT2D eigenvalue weighted by atomic mass is 16.5. The van der Waals surface area contributed by atoms with Crippen molar-refractivity contribution in [3.63, 3.8) is 0 Å². The summed E-state index contributed by atoms with van der Waals surface area (Å²) in [6.45, 7) is 3.42. The number of amides is 1. The number of hydrogen-bond donors (Lipinski definition) is 1. The fourth-order valence-corrected chi connectivity index (χ4v) is 1.95. The molecule has 1 heterocycles. The third kappa shape index (κ3) is 4.56. The third-order valence-corrected chi connectivity index (χ3v) is 3.13. The van der Waals surface area contributed by atoms with Crippen LogP contribution in [0.4, 0.5) is 5.69 Å². The van der Waals surface area contributed by atoms with E-state index in [1.807, 2.05) is 19.1 Å². The number of carbonyl (C=O) groups is 1. The van der Waals surface area contributed by atoms with Crippen LogP contribution in [0.5, 0.6) is 5.75 Å². The lowest BCUT2D eigenvalue weighted by Gasteiger charge is -2.19. The van der Waals surface area contributed by atoms with Crippen molar-refractivity contribution in [3.8, 4) is 5.75 Å². The first-order valence-electron chi connectivity index (χ1n) is 6.97. The van der Waals surface area contributed by atoms with Gasteiger partial charge in [-0.15, -0.1) is 0 Å². The summed E-state index contributed by atoms with van der Waals surface area (Å²) in [4.78, 5) is 13.9. The molecule has 1 amide bonds. The molecule has 112 valence electrons. The molecule has 0 unspecified atom stereocenters. The molecule has 1 aromatic carbocycles. The Morgan fingerprint density at radius 1 is 1.29 bits per heavy atom. The maximum atomic E-state index is 12.1. The number of benzene rings is 1. The zero-order valence-corrected chi connectivity index (χ0v) is 12.1. The number of hydrogen-bond acceptors (Lipinski definition) is 4. The van der Waals surface area contributed by atoms with Gasteiger partial charge in [0.05, 0.1) is 25.8 Å². The zero-order chi connectivity index (χ0) is 15.1. The Morgan fingerprint density at radius 3 is 2.67 bits per heavy atom. The van der Waals surface area contributed by atoms with Crippen molar-refractivity contribution in [3.05, 3.63) is 48.4 Å². The molecule has 0 radical (unpaired) electrons. The van der Waals surface area contributed by atoms with Crippen LogP contribution in [-0.4, -0.2) is 24.0 Å². The number of nitrogen functional groups attached to an aromatic ring is 1. The lowest BCUT2D eigenvalue weighted by Crippen LogP contribution is -2.31. The minimum absolute atomic E-state index is 0.0457. The van der Waals surface area contributed by atoms with Gasteiger partial charge in [0, 0.05) is 12.2 Å². The largest absolute Gasteiger partial charge is 0.493 e. The van der Waals surface area contributed by atoms with Crippen LogP contribution in [-0.2, 0) is 11.3 Å². The van der Waals surface area contributed by atoms with Crippen molar-refractivity contribution in [1.29, 1.82) is 0 Å². The van der Waals surface area contributed by atoms with E-state index in [1.54, 1.807) is 35.4 Å². The smallest absolute Gasteiger partial charge is 0.226 e. The van der Waals surface area contributed by atoms with Crippen molar-refractivity contribution >= 4 is 11.6 Å². The lowest BCUT2D eigenvalue weighted by atomic mass is 10.3. The molecule has 0 spiro atoms. The van der Waals surface area contributed by atoms with Crippen LogP contribution >= 0.6 is 0 Å². The second kappa shape index (κ2) is 7.38. The summed E-state index contributed by atoms with van der Waals surface area (Å²) >= 11 is 0. The van der Waals surface area contributed by atoms with Crippen LogP contribution in [0.1, 0.15) is 19.1 Å². The standard InChI is InChI=1S/C16H20N2O3/c1-2-18(12-15-4-3-10-20-15)16(19)9-11-21-14-7-5-13(17)6-8-14/h3-8,10H,2,9,11-12,17H2,1H3. The van der Waals surface area contributed by atoms with Crippen LogP contribution in [0, 0.1) is 0 Å². The second-order valence-corrected chi connectivity index (χ2v) is 4.65. The molecule has 2 aromatic rings. The molecule has 5 heteroatoms. The van der Waals surface area contributed by atoms with Crippen LogP contribution in [0.2, 0.25) is 0 Å². The first-order chi connectivity index (χ1) is 10.2. The summed E-state index contributed by atoms with van der Waals surface area (Å²) in [5, 5.41) is 0. The minimum Gasteiger partial charge on any atom is -0.493 e. The van der Waals surface area contributed by atoms with E-state index < -0.39 is 0 Å². The van der Waals surface area contributed by atoms with Gasteiger partial charge in [-0.1, -0.05) is 0 Å². The van der Waals surface area contributed by atoms with Crippen LogP contribution in [0.3, 0.4) is 0 Å². The topological polar surface area (TPSA) is 68.7 Å². The van der Waals surface area contributed by atoms with Crippen LogP contribution in [0.25, 0.3) is 0 Å². The van der Waals surface area contributed by atoms with Gasteiger partial charge in [0.2, 0.25) is 5.91 Å². The highest BCUT2D eigenvalue weighted by Gasteiger charge is 2.13. The van der Waals surface area contributed by atoms with Gasteiger partial charge in [0.25, 0.3) is 0 Å². The van der Waals surface area contributed by atoms with E-state index in [4.69, 9.17) is 14.9 Å². The van der Waals surface area contributed by atoms with E-state index in [0.717, 1.165) is 5.76 Å². The second-order valence-electron chi connectivity index (χ2n) is 4.65. The van der Waals surface area contributed by atoms with E-state index in [9.17, 15) is 4.79 Å². The van der Waals surface area contributed by atoms with E-state index in [1.165, 1.54) is 0 Å². The van der Waals surface area contributed by atoms with Crippen molar-refractivity contribution < 1.29 is 13.9 Å². The molecule has 5 nitrogen and oxygen atoms in total. The SMILES string of the molecule is CCN(Cc1ccco1)C(=O)CCOc1ccc(N)cc1. The van der Waals surface area contributed by atoms with Crippen molar-refractivity contribution in [2.24, 2.45) is 0 Å². The molecule has 0 fully saturated rings. The molecule has 1 aromatic heterocycles. The first-order valence-corrected chi connectivity index (χ1v) is 6.97. The fraction of sp³-hybridized carbons (Fsp3) is 0.312. The van der Waals surface area contributed by atoms with Crippen LogP contribution in [0.15, 0.2) is 47.1 Å². The Hall–Kier alpha value is -2.43. The molecular formula is C16H20N2O3. The van der Waals surface area contributed by atoms with Crippen LogP contribution < -0.4 is 10.5 Å². The number of furan rings is 1. The predicted molar refractivity (Wildman–Crippen MR) is 80.8 cm³/mol. The molecule has 0 saturated heterocycles. The number of anilines is 1. The average Bonchev–Trinajstić information content (AvgIpc) is 2.99. The highest BCUT2D eigenvalue weighted by molar-refractivity contribution is 5.76. The number of nitrogens with two attached hydrogens (primary N) is 1. The predicted octanol–water partition coefficient (Wildman–Crippen LogP) is 2.68. The molecular weight excluding hydrogens is 268 g/mol. The monoisotopic (exact) mass is 288 g/mol. The van der Waals surface area contributed by atoms with Crippen molar-refractivity contribution in [2.45, 2.75) is 19.9 Å². The maximum absolute atomic E-state index is 12.1. The summed E-state index contributed by atoms with van der Waals surface area (Å²) in [7, 11) is 0. The summed E-state index contributed by atoms with van der Waals surface area (Å²) < 4.78 is 10.8. The van der Waals surface area contributed by atoms with Crippen molar-refractivity contribution in [2.75, 3.05) is 18.9 Å². The van der Waals surface area contributed by atoms with Gasteiger partial charge >= 0.3 is 0 Å². The van der Waals surface area contributed by atoms with Gasteiger partial charge in [-0.2, -0.15) is 0 Å². The highest BCUT2D eigenvalue weighted by Crippen LogP contribution is 2.13. The van der Waals surface area contributed by atoms with Gasteiger partial charge in [-0.3, -0.25) is 4.79 Å². The average molecular weight is 288 g/mol. The fourth-order valence-electron chi connectivity index (χ4n) is 1.95. The summed E-state index contributed by atoms with van der Waals surface area (Å²) in [5.41, 5.74) is 6.29. The molecule has 0 aliphatic heterocycles. The van der Waals surface area contributed by atoms with E-state index in [2.05, 4.69) is 0 Å². The van der Waals surface area contributed by atoms with E-state index in [0.29, 0.717) is 37.6 Å². The van der Waals surface area contributed by atoms with Gasteiger partial charge in [0.1, 0.15) is 11.5 Å². The minimum atomic E-state index is 0.0457. The van der Waals surface area contributed by atoms with Gasteiger partial charge in [0.15, 0.2) is 0 Å². The number of rotatable bonds is 7. The summed E-state index contributed by atoms with van der Waals surface area (Å²) in [6, 6.07) is 10.8. The summed E-state index contributed by atoms with van der Waals surface area (Å²) in [5.74, 6) is 1.54. The molecule has 0 atom stereocenters. The lowest BCUT2D eigenvalue weighted by molar-refractivity contribution is -0.132. The van der Waals surface area contributed by atoms with E-state index in [-0.39, 0.29) is 5.91 Å². The Morgan fingerprint density at radius 2 is 2.05 bits per heavy atom. The molecule has 21 heavy (non-hydrogen) atoms. The number of carbonyl (C=O) groups excluding carboxylic acids is 1. The van der Waals surface area contributed by atoms with Gasteiger partial charge in [-0.05, 0) is 43.3 Å². The molecule has 0 aliphatic rings. The zero-order valence-electron chi connectivity index (χ0n) is 12.1. The Kier molecular flexibility index (Phi) is 5.26. The molecule has 2 N–H and O–H groups in total. The molecule has 2 rings (SSSR count). The number of ether oxygens (including phenoxy) is 1. The summed E-state index contributed by atoms with van der Waals surface area (Å²) in [6.07, 6.45) is 1.94. The Balaban J connectivity index is 1.78. The maximum Gasteiger partial charge on any atom is 0.226 e. The molecule has 0 bridgehead atoms. The molecule has 0 saturated carbocycles. The van der Waals surface area contributed by atoms with Gasteiger partial charge < -0.3 is 19.8 Å². The van der Waals surface area contributed by atoms with E-state index >= 15 is 0 Å². The molecule has 0 aliphatic carbocycles. The third-order valence-electron chi connectivity index (χ3n) is 3.13. The first kappa shape index (κ1) is 15.0. The Labute approximate surface area is 124 Å².